The van der Waals surface area contributed by atoms with Crippen LogP contribution in [0, 0.1) is 0 Å². The highest BCUT2D eigenvalue weighted by Crippen LogP contribution is 1.74. The molecule has 0 heterocycles. The van der Waals surface area contributed by atoms with Crippen LogP contribution in [0.4, 0.5) is 0 Å². The van der Waals surface area contributed by atoms with Gasteiger partial charge in [-0.05, 0) is 13.4 Å². The van der Waals surface area contributed by atoms with E-state index in [1.165, 1.54) is 0 Å². The molecule has 0 saturated carbocycles. The quantitative estimate of drug-likeness (QED) is 0.459. The van der Waals surface area contributed by atoms with E-state index in [4.69, 9.17) is 5.02 Å². The maximum atomic E-state index is 8.55. The predicted molar refractivity (Wildman–Crippen MR) is 35.6 cm³/mol. The molecule has 0 rings (SSSR count). The summed E-state index contributed by atoms with van der Waals surface area (Å²) in [6, 6.07) is 0. The van der Waals surface area contributed by atoms with Crippen molar-refractivity contribution in [2.75, 3.05) is 11.9 Å². The van der Waals surface area contributed by atoms with Crippen molar-refractivity contribution in [2.24, 2.45) is 0 Å². The third-order valence-corrected chi connectivity index (χ3v) is 0.931. The summed E-state index contributed by atoms with van der Waals surface area (Å²) in [5.41, 5.74) is 0. The van der Waals surface area contributed by atoms with Crippen molar-refractivity contribution in [2.45, 2.75) is 6.82 Å². The number of nitrogens with one attached hydrogen (secondary N) is 1. The molecule has 0 saturated heterocycles. The molecular weight excluding hydrogens is 157 g/mol. The van der Waals surface area contributed by atoms with Crippen molar-refractivity contribution in [1.29, 1.82) is 0 Å². The Bertz CT molecular complexity index is 43.9. The normalized spacial score (nSPS) is 9.00. The molecule has 7 heavy (non-hydrogen) atoms. The summed E-state index contributed by atoms with van der Waals surface area (Å²) in [5.74, 6) is 0. The van der Waals surface area contributed by atoms with E-state index in [1.54, 1.807) is 6.82 Å². The Morgan fingerprint density at radius 2 is 2.43 bits per heavy atom. The minimum absolute atomic E-state index is 0.377. The van der Waals surface area contributed by atoms with Crippen molar-refractivity contribution < 1.29 is 5.02 Å². The highest BCUT2D eigenvalue weighted by atomic mass is 79.9. The standard InChI is InChI=1S/C3H9BBrNO/c1-4(7)6-3-2-5/h6-7H,2-3H2,1H3. The lowest BCUT2D eigenvalue weighted by Gasteiger charge is -1.97. The molecule has 2 N–H and O–H groups in total. The summed E-state index contributed by atoms with van der Waals surface area (Å²) in [7, 11) is -0.377. The summed E-state index contributed by atoms with van der Waals surface area (Å²) in [6.07, 6.45) is 0. The molecule has 0 aromatic rings. The zero-order valence-electron chi connectivity index (χ0n) is 4.32. The molecule has 0 aliphatic heterocycles. The molecule has 0 atom stereocenters. The predicted octanol–water partition coefficient (Wildman–Crippen LogP) is 0.0812. The highest BCUT2D eigenvalue weighted by molar-refractivity contribution is 9.09. The van der Waals surface area contributed by atoms with Crippen molar-refractivity contribution in [3.05, 3.63) is 0 Å². The monoisotopic (exact) mass is 165 g/mol. The van der Waals surface area contributed by atoms with Crippen LogP contribution in [0.3, 0.4) is 0 Å². The molecule has 0 aromatic carbocycles. The number of hydrogen-bond donors (Lipinski definition) is 2. The Kier molecular flexibility index (Phi) is 4.93. The van der Waals surface area contributed by atoms with Crippen LogP contribution in [0.5, 0.6) is 0 Å². The topological polar surface area (TPSA) is 32.3 Å². The summed E-state index contributed by atoms with van der Waals surface area (Å²) in [6.45, 7) is 2.51. The maximum Gasteiger partial charge on any atom is 0.373 e. The van der Waals surface area contributed by atoms with E-state index in [0.717, 1.165) is 11.9 Å². The number of halogens is 1. The molecule has 0 fully saturated rings. The van der Waals surface area contributed by atoms with E-state index < -0.39 is 0 Å². The molecule has 42 valence electrons. The third-order valence-electron chi connectivity index (χ3n) is 0.534. The average Bonchev–Trinajstić information content (AvgIpc) is 1.61. The van der Waals surface area contributed by atoms with Crippen LogP contribution in [0.2, 0.25) is 6.82 Å². The first-order valence-electron chi connectivity index (χ1n) is 2.25. The Hall–Kier alpha value is 0.465. The Balaban J connectivity index is 2.68. The van der Waals surface area contributed by atoms with Gasteiger partial charge in [0, 0.05) is 5.33 Å². The Morgan fingerprint density at radius 3 is 2.57 bits per heavy atom. The van der Waals surface area contributed by atoms with Crippen LogP contribution in [0.25, 0.3) is 0 Å². The molecule has 0 bridgehead atoms. The summed E-state index contributed by atoms with van der Waals surface area (Å²) < 4.78 is 0. The first kappa shape index (κ1) is 7.46. The van der Waals surface area contributed by atoms with E-state index in [2.05, 4.69) is 21.2 Å². The molecule has 0 unspecified atom stereocenters. The fourth-order valence-electron chi connectivity index (χ4n) is 0.263. The number of hydrogen-bond acceptors (Lipinski definition) is 2. The lowest BCUT2D eigenvalue weighted by molar-refractivity contribution is 0.558. The molecule has 2 nitrogen and oxygen atoms in total. The van der Waals surface area contributed by atoms with Crippen LogP contribution in [-0.2, 0) is 0 Å². The van der Waals surface area contributed by atoms with Crippen LogP contribution in [0.1, 0.15) is 0 Å². The third kappa shape index (κ3) is 6.46. The van der Waals surface area contributed by atoms with Crippen LogP contribution in [0.15, 0.2) is 0 Å². The first-order valence-corrected chi connectivity index (χ1v) is 3.37. The van der Waals surface area contributed by atoms with Crippen LogP contribution in [-0.4, -0.2) is 23.9 Å². The minimum Gasteiger partial charge on any atom is -0.437 e. The average molecular weight is 166 g/mol. The van der Waals surface area contributed by atoms with Gasteiger partial charge in [-0.15, -0.1) is 0 Å². The van der Waals surface area contributed by atoms with Gasteiger partial charge in [0.15, 0.2) is 0 Å². The van der Waals surface area contributed by atoms with E-state index in [-0.39, 0.29) is 7.05 Å². The van der Waals surface area contributed by atoms with Gasteiger partial charge in [0.2, 0.25) is 0 Å². The van der Waals surface area contributed by atoms with Gasteiger partial charge in [0.1, 0.15) is 0 Å². The first-order chi connectivity index (χ1) is 3.27. The smallest absolute Gasteiger partial charge is 0.373 e. The Labute approximate surface area is 52.6 Å². The van der Waals surface area contributed by atoms with E-state index in [0.29, 0.717) is 0 Å². The SMILES string of the molecule is CB(O)NCCBr. The molecular formula is C3H9BBrNO. The summed E-state index contributed by atoms with van der Waals surface area (Å²) >= 11 is 3.20. The van der Waals surface area contributed by atoms with Gasteiger partial charge in [-0.2, -0.15) is 0 Å². The second kappa shape index (κ2) is 4.62. The molecule has 0 aliphatic rings. The highest BCUT2D eigenvalue weighted by Gasteiger charge is 1.96. The van der Waals surface area contributed by atoms with E-state index in [1.807, 2.05) is 0 Å². The fraction of sp³-hybridized carbons (Fsp3) is 1.00. The second-order valence-corrected chi connectivity index (χ2v) is 2.11. The molecule has 4 heteroatoms. The molecule has 0 aromatic heterocycles. The van der Waals surface area contributed by atoms with E-state index >= 15 is 0 Å². The molecule has 0 aliphatic carbocycles. The van der Waals surface area contributed by atoms with Gasteiger partial charge in [0.05, 0.1) is 0 Å². The van der Waals surface area contributed by atoms with Crippen LogP contribution >= 0.6 is 15.9 Å². The minimum atomic E-state index is -0.377. The van der Waals surface area contributed by atoms with Crippen molar-refractivity contribution in [3.63, 3.8) is 0 Å². The van der Waals surface area contributed by atoms with Gasteiger partial charge < -0.3 is 10.3 Å². The van der Waals surface area contributed by atoms with Crippen molar-refractivity contribution in [1.82, 2.24) is 5.23 Å². The summed E-state index contributed by atoms with van der Waals surface area (Å²) in [5, 5.41) is 12.2. The number of rotatable bonds is 3. The van der Waals surface area contributed by atoms with Gasteiger partial charge in [0.25, 0.3) is 0 Å². The second-order valence-electron chi connectivity index (χ2n) is 1.32. The molecule has 0 radical (unpaired) electrons. The molecule has 0 amide bonds. The lowest BCUT2D eigenvalue weighted by atomic mass is 9.89. The lowest BCUT2D eigenvalue weighted by Crippen LogP contribution is -2.31. The zero-order chi connectivity index (χ0) is 5.70. The number of alkyl halides is 1. The Morgan fingerprint density at radius 1 is 1.86 bits per heavy atom. The van der Waals surface area contributed by atoms with Gasteiger partial charge in [-0.1, -0.05) is 15.9 Å². The van der Waals surface area contributed by atoms with Gasteiger partial charge in [-0.3, -0.25) is 0 Å². The maximum absolute atomic E-state index is 8.55. The van der Waals surface area contributed by atoms with Gasteiger partial charge >= 0.3 is 7.05 Å². The van der Waals surface area contributed by atoms with Crippen LogP contribution < -0.4 is 5.23 Å². The largest absolute Gasteiger partial charge is 0.437 e. The van der Waals surface area contributed by atoms with Crippen molar-refractivity contribution in [3.8, 4) is 0 Å². The zero-order valence-corrected chi connectivity index (χ0v) is 5.90. The summed E-state index contributed by atoms with van der Waals surface area (Å²) in [4.78, 5) is 0. The van der Waals surface area contributed by atoms with Crippen molar-refractivity contribution >= 4 is 23.0 Å². The van der Waals surface area contributed by atoms with Gasteiger partial charge in [-0.25, -0.2) is 0 Å². The van der Waals surface area contributed by atoms with E-state index in [9.17, 15) is 0 Å². The fourth-order valence-corrected chi connectivity index (χ4v) is 0.492. The molecule has 0 spiro atoms.